The van der Waals surface area contributed by atoms with Crippen LogP contribution in [0.2, 0.25) is 0 Å². The number of nitrogens with one attached hydrogen (secondary N) is 1. The molecule has 1 rings (SSSR count). The van der Waals surface area contributed by atoms with Crippen LogP contribution in [0.4, 0.5) is 0 Å². The van der Waals surface area contributed by atoms with Gasteiger partial charge in [-0.15, -0.1) is 0 Å². The van der Waals surface area contributed by atoms with E-state index in [1.807, 2.05) is 20.8 Å². The van der Waals surface area contributed by atoms with Crippen molar-refractivity contribution in [2.45, 2.75) is 33.6 Å². The molecule has 1 heterocycles. The van der Waals surface area contributed by atoms with Crippen molar-refractivity contribution in [3.63, 3.8) is 0 Å². The first-order valence-electron chi connectivity index (χ1n) is 5.29. The smallest absolute Gasteiger partial charge is 0.146 e. The number of rotatable bonds is 2. The van der Waals surface area contributed by atoms with E-state index in [1.54, 1.807) is 0 Å². The molecular formula is C11H21NO2. The Morgan fingerprint density at radius 1 is 1.36 bits per heavy atom. The predicted octanol–water partition coefficient (Wildman–Crippen LogP) is 0.964. The summed E-state index contributed by atoms with van der Waals surface area (Å²) in [5.41, 5.74) is -0.830. The fourth-order valence-electron chi connectivity index (χ4n) is 2.16. The summed E-state index contributed by atoms with van der Waals surface area (Å²) in [7, 11) is 0. The van der Waals surface area contributed by atoms with Gasteiger partial charge < -0.3 is 10.4 Å². The van der Waals surface area contributed by atoms with Gasteiger partial charge in [-0.1, -0.05) is 20.8 Å². The Bertz CT molecular complexity index is 212. The lowest BCUT2D eigenvalue weighted by atomic mass is 9.68. The summed E-state index contributed by atoms with van der Waals surface area (Å²) < 4.78 is 0. The Kier molecular flexibility index (Phi) is 3.32. The van der Waals surface area contributed by atoms with Gasteiger partial charge in [0.05, 0.1) is 12.0 Å². The molecule has 0 bridgehead atoms. The van der Waals surface area contributed by atoms with Crippen LogP contribution in [0, 0.1) is 10.8 Å². The minimum atomic E-state index is -0.483. The first kappa shape index (κ1) is 11.7. The highest BCUT2D eigenvalue weighted by atomic mass is 16.3. The third-order valence-corrected chi connectivity index (χ3v) is 3.03. The molecule has 0 radical (unpaired) electrons. The van der Waals surface area contributed by atoms with Gasteiger partial charge in [-0.25, -0.2) is 0 Å². The van der Waals surface area contributed by atoms with E-state index in [-0.39, 0.29) is 17.8 Å². The Hall–Kier alpha value is -0.410. The number of piperidine rings is 1. The first-order chi connectivity index (χ1) is 6.42. The highest BCUT2D eigenvalue weighted by molar-refractivity contribution is 5.89. The van der Waals surface area contributed by atoms with Crippen LogP contribution in [0.25, 0.3) is 0 Å². The Labute approximate surface area is 85.9 Å². The lowest BCUT2D eigenvalue weighted by Crippen LogP contribution is -2.48. The number of ketones is 1. The third kappa shape index (κ3) is 2.15. The van der Waals surface area contributed by atoms with E-state index in [4.69, 9.17) is 0 Å². The maximum absolute atomic E-state index is 12.2. The second-order valence-electron chi connectivity index (χ2n) is 5.27. The van der Waals surface area contributed by atoms with E-state index >= 15 is 0 Å². The van der Waals surface area contributed by atoms with Crippen molar-refractivity contribution in [3.05, 3.63) is 0 Å². The van der Waals surface area contributed by atoms with Gasteiger partial charge in [0, 0.05) is 5.41 Å². The van der Waals surface area contributed by atoms with Crippen LogP contribution in [0.3, 0.4) is 0 Å². The number of Topliss-reactive ketones (excluding diaryl/α,β-unsaturated/α-hetero) is 1. The molecule has 2 N–H and O–H groups in total. The van der Waals surface area contributed by atoms with Gasteiger partial charge in [-0.05, 0) is 25.9 Å². The molecule has 3 heteroatoms. The van der Waals surface area contributed by atoms with Crippen molar-refractivity contribution in [2.24, 2.45) is 10.8 Å². The van der Waals surface area contributed by atoms with Crippen molar-refractivity contribution in [1.82, 2.24) is 5.32 Å². The van der Waals surface area contributed by atoms with Crippen molar-refractivity contribution < 1.29 is 9.90 Å². The summed E-state index contributed by atoms with van der Waals surface area (Å²) in [6, 6.07) is 0. The third-order valence-electron chi connectivity index (χ3n) is 3.03. The highest BCUT2D eigenvalue weighted by Gasteiger charge is 2.43. The molecule has 0 aromatic heterocycles. The molecule has 1 saturated heterocycles. The monoisotopic (exact) mass is 199 g/mol. The molecule has 0 amide bonds. The molecular weight excluding hydrogens is 178 g/mol. The van der Waals surface area contributed by atoms with E-state index in [0.29, 0.717) is 0 Å². The molecule has 0 aromatic carbocycles. The lowest BCUT2D eigenvalue weighted by molar-refractivity contribution is -0.141. The molecule has 82 valence electrons. The summed E-state index contributed by atoms with van der Waals surface area (Å²) in [5.74, 6) is 0.203. The minimum Gasteiger partial charge on any atom is -0.395 e. The molecule has 0 atom stereocenters. The van der Waals surface area contributed by atoms with Gasteiger partial charge >= 0.3 is 0 Å². The number of hydrogen-bond acceptors (Lipinski definition) is 3. The molecule has 14 heavy (non-hydrogen) atoms. The zero-order valence-corrected chi connectivity index (χ0v) is 9.39. The van der Waals surface area contributed by atoms with E-state index in [1.165, 1.54) is 0 Å². The molecule has 3 nitrogen and oxygen atoms in total. The lowest BCUT2D eigenvalue weighted by Gasteiger charge is -2.38. The zero-order chi connectivity index (χ0) is 10.8. The van der Waals surface area contributed by atoms with Gasteiger partial charge in [0.25, 0.3) is 0 Å². The summed E-state index contributed by atoms with van der Waals surface area (Å²) in [5, 5.41) is 12.6. The molecule has 0 aromatic rings. The van der Waals surface area contributed by atoms with E-state index < -0.39 is 5.41 Å². The Morgan fingerprint density at radius 3 is 2.21 bits per heavy atom. The number of aliphatic hydroxyl groups is 1. The second-order valence-corrected chi connectivity index (χ2v) is 5.27. The van der Waals surface area contributed by atoms with Crippen LogP contribution < -0.4 is 5.32 Å². The van der Waals surface area contributed by atoms with Crippen LogP contribution in [0.1, 0.15) is 33.6 Å². The topological polar surface area (TPSA) is 49.3 Å². The summed E-state index contributed by atoms with van der Waals surface area (Å²) >= 11 is 0. The molecule has 1 fully saturated rings. The van der Waals surface area contributed by atoms with Crippen molar-refractivity contribution in [1.29, 1.82) is 0 Å². The number of aliphatic hydroxyl groups excluding tert-OH is 1. The minimum absolute atomic E-state index is 0.00914. The summed E-state index contributed by atoms with van der Waals surface area (Å²) in [4.78, 5) is 12.2. The first-order valence-corrected chi connectivity index (χ1v) is 5.29. The molecule has 0 saturated carbocycles. The van der Waals surface area contributed by atoms with Gasteiger partial charge in [0.1, 0.15) is 5.78 Å². The zero-order valence-electron chi connectivity index (χ0n) is 9.39. The molecule has 0 aliphatic carbocycles. The van der Waals surface area contributed by atoms with Crippen molar-refractivity contribution >= 4 is 5.78 Å². The number of carbonyl (C=O) groups excluding carboxylic acids is 1. The van der Waals surface area contributed by atoms with Crippen molar-refractivity contribution in [3.8, 4) is 0 Å². The quantitative estimate of drug-likeness (QED) is 0.696. The van der Waals surface area contributed by atoms with Crippen LogP contribution in [-0.4, -0.2) is 30.6 Å². The maximum Gasteiger partial charge on any atom is 0.146 e. The van der Waals surface area contributed by atoms with Crippen LogP contribution in [-0.2, 0) is 4.79 Å². The van der Waals surface area contributed by atoms with Crippen LogP contribution in [0.15, 0.2) is 0 Å². The maximum atomic E-state index is 12.2. The van der Waals surface area contributed by atoms with E-state index in [9.17, 15) is 9.90 Å². The van der Waals surface area contributed by atoms with Gasteiger partial charge in [0.2, 0.25) is 0 Å². The largest absolute Gasteiger partial charge is 0.395 e. The average Bonchev–Trinajstić information content (AvgIpc) is 2.16. The average molecular weight is 199 g/mol. The van der Waals surface area contributed by atoms with E-state index in [0.717, 1.165) is 25.9 Å². The normalized spacial score (nSPS) is 22.0. The predicted molar refractivity (Wildman–Crippen MR) is 56.1 cm³/mol. The van der Waals surface area contributed by atoms with Gasteiger partial charge in [-0.2, -0.15) is 0 Å². The Balaban J connectivity index is 2.83. The second kappa shape index (κ2) is 3.99. The molecule has 1 aliphatic heterocycles. The number of hydrogen-bond donors (Lipinski definition) is 2. The standard InChI is InChI=1S/C11H21NO2/c1-10(2,3)9(14)11(8-13)4-6-12-7-5-11/h12-13H,4-8H2,1-3H3. The number of carbonyl (C=O) groups is 1. The summed E-state index contributed by atoms with van der Waals surface area (Å²) in [6.45, 7) is 7.44. The van der Waals surface area contributed by atoms with Crippen LogP contribution in [0.5, 0.6) is 0 Å². The fraction of sp³-hybridized carbons (Fsp3) is 0.909. The molecule has 0 spiro atoms. The van der Waals surface area contributed by atoms with E-state index in [2.05, 4.69) is 5.32 Å². The highest BCUT2D eigenvalue weighted by Crippen LogP contribution is 2.36. The fourth-order valence-corrected chi connectivity index (χ4v) is 2.16. The molecule has 1 aliphatic rings. The SMILES string of the molecule is CC(C)(C)C(=O)C1(CO)CCNCC1. The summed E-state index contributed by atoms with van der Waals surface area (Å²) in [6.07, 6.45) is 1.53. The Morgan fingerprint density at radius 2 is 1.86 bits per heavy atom. The van der Waals surface area contributed by atoms with Gasteiger partial charge in [-0.3, -0.25) is 4.79 Å². The van der Waals surface area contributed by atoms with Gasteiger partial charge in [0.15, 0.2) is 0 Å². The molecule has 0 unspecified atom stereocenters. The van der Waals surface area contributed by atoms with Crippen LogP contribution >= 0.6 is 0 Å². The van der Waals surface area contributed by atoms with Crippen molar-refractivity contribution in [2.75, 3.05) is 19.7 Å².